The average Bonchev–Trinajstić information content (AvgIpc) is 2.91. The second-order valence-corrected chi connectivity index (χ2v) is 6.41. The summed E-state index contributed by atoms with van der Waals surface area (Å²) in [6.07, 6.45) is 2.58. The highest BCUT2D eigenvalue weighted by atomic mass is 16.3. The van der Waals surface area contributed by atoms with Crippen molar-refractivity contribution in [2.24, 2.45) is 11.7 Å². The Balaban J connectivity index is 1.74. The van der Waals surface area contributed by atoms with Gasteiger partial charge in [-0.2, -0.15) is 0 Å². The maximum atomic E-state index is 11.2. The maximum absolute atomic E-state index is 11.2. The number of benzene rings is 1. The van der Waals surface area contributed by atoms with Crippen LogP contribution in [0.2, 0.25) is 0 Å². The van der Waals surface area contributed by atoms with Gasteiger partial charge in [0, 0.05) is 17.3 Å². The van der Waals surface area contributed by atoms with Gasteiger partial charge in [0.25, 0.3) is 5.91 Å². The van der Waals surface area contributed by atoms with Gasteiger partial charge in [-0.25, -0.2) is 0 Å². The molecule has 0 radical (unpaired) electrons. The molecule has 1 amide bonds. The SMILES string of the molecule is C[C@H]1[C@@H](c2ccc3cc(C(N)=O)oc3c2)C2CCN1CC2. The van der Waals surface area contributed by atoms with Crippen molar-refractivity contribution < 1.29 is 9.21 Å². The van der Waals surface area contributed by atoms with Gasteiger partial charge in [0.15, 0.2) is 5.76 Å². The topological polar surface area (TPSA) is 59.5 Å². The molecule has 1 aromatic heterocycles. The number of carbonyl (C=O) groups is 1. The molecule has 4 heteroatoms. The van der Waals surface area contributed by atoms with E-state index in [1.165, 1.54) is 31.5 Å². The molecule has 2 aromatic rings. The average molecular weight is 284 g/mol. The molecule has 0 aliphatic carbocycles. The van der Waals surface area contributed by atoms with Gasteiger partial charge in [-0.1, -0.05) is 12.1 Å². The van der Waals surface area contributed by atoms with Crippen LogP contribution < -0.4 is 5.73 Å². The molecule has 21 heavy (non-hydrogen) atoms. The fourth-order valence-electron chi connectivity index (χ4n) is 4.23. The van der Waals surface area contributed by atoms with Crippen LogP contribution in [0.25, 0.3) is 11.0 Å². The second-order valence-electron chi connectivity index (χ2n) is 6.41. The Morgan fingerprint density at radius 1 is 1.29 bits per heavy atom. The zero-order valence-electron chi connectivity index (χ0n) is 12.2. The number of furan rings is 1. The first-order valence-corrected chi connectivity index (χ1v) is 7.71. The summed E-state index contributed by atoms with van der Waals surface area (Å²) in [5.74, 6) is 1.07. The maximum Gasteiger partial charge on any atom is 0.284 e. The van der Waals surface area contributed by atoms with E-state index in [1.807, 2.05) is 6.07 Å². The third-order valence-corrected chi connectivity index (χ3v) is 5.35. The van der Waals surface area contributed by atoms with Crippen molar-refractivity contribution in [2.75, 3.05) is 13.1 Å². The number of primary amides is 1. The zero-order valence-corrected chi connectivity index (χ0v) is 12.2. The summed E-state index contributed by atoms with van der Waals surface area (Å²) in [6.45, 7) is 4.80. The lowest BCUT2D eigenvalue weighted by atomic mass is 9.71. The Labute approximate surface area is 123 Å². The van der Waals surface area contributed by atoms with Crippen molar-refractivity contribution >= 4 is 16.9 Å². The molecule has 1 aromatic carbocycles. The molecule has 0 unspecified atom stereocenters. The molecule has 2 atom stereocenters. The van der Waals surface area contributed by atoms with Crippen LogP contribution in [0, 0.1) is 5.92 Å². The number of hydrogen-bond donors (Lipinski definition) is 1. The summed E-state index contributed by atoms with van der Waals surface area (Å²) < 4.78 is 5.59. The predicted molar refractivity (Wildman–Crippen MR) is 81.2 cm³/mol. The summed E-state index contributed by atoms with van der Waals surface area (Å²) in [4.78, 5) is 13.8. The van der Waals surface area contributed by atoms with Crippen molar-refractivity contribution in [1.82, 2.24) is 4.90 Å². The number of hydrogen-bond acceptors (Lipinski definition) is 3. The minimum Gasteiger partial charge on any atom is -0.451 e. The normalized spacial score (nSPS) is 31.7. The number of nitrogens with two attached hydrogens (primary N) is 1. The molecule has 3 aliphatic heterocycles. The fourth-order valence-corrected chi connectivity index (χ4v) is 4.23. The second kappa shape index (κ2) is 4.60. The van der Waals surface area contributed by atoms with Crippen molar-refractivity contribution in [2.45, 2.75) is 31.7 Å². The fraction of sp³-hybridized carbons (Fsp3) is 0.471. The van der Waals surface area contributed by atoms with E-state index in [0.29, 0.717) is 12.0 Å². The van der Waals surface area contributed by atoms with E-state index in [0.717, 1.165) is 16.9 Å². The summed E-state index contributed by atoms with van der Waals surface area (Å²) in [7, 11) is 0. The molecule has 5 rings (SSSR count). The predicted octanol–water partition coefficient (Wildman–Crippen LogP) is 2.73. The van der Waals surface area contributed by atoms with Crippen molar-refractivity contribution in [1.29, 1.82) is 0 Å². The Morgan fingerprint density at radius 2 is 2.05 bits per heavy atom. The molecular weight excluding hydrogens is 264 g/mol. The van der Waals surface area contributed by atoms with Crippen LogP contribution in [0.15, 0.2) is 28.7 Å². The molecule has 4 nitrogen and oxygen atoms in total. The third-order valence-electron chi connectivity index (χ3n) is 5.35. The molecule has 3 fully saturated rings. The summed E-state index contributed by atoms with van der Waals surface area (Å²) in [5, 5.41) is 0.946. The number of amides is 1. The van der Waals surface area contributed by atoms with E-state index in [-0.39, 0.29) is 5.76 Å². The quantitative estimate of drug-likeness (QED) is 0.922. The molecular formula is C17H20N2O2. The smallest absolute Gasteiger partial charge is 0.284 e. The molecule has 2 N–H and O–H groups in total. The zero-order chi connectivity index (χ0) is 14.6. The summed E-state index contributed by atoms with van der Waals surface area (Å²) in [5.41, 5.74) is 7.39. The standard InChI is InChI=1S/C17H20N2O2/c1-10-16(11-4-6-19(10)7-5-11)13-3-2-12-8-15(17(18)20)21-14(12)9-13/h2-3,8-11,16H,4-7H2,1H3,(H2,18,20)/t10-,16+/m0/s1. The Kier molecular flexibility index (Phi) is 2.82. The first-order valence-electron chi connectivity index (χ1n) is 7.71. The van der Waals surface area contributed by atoms with Gasteiger partial charge in [0.05, 0.1) is 0 Å². The summed E-state index contributed by atoms with van der Waals surface area (Å²) >= 11 is 0. The molecule has 0 saturated carbocycles. The van der Waals surface area contributed by atoms with Gasteiger partial charge >= 0.3 is 0 Å². The minimum atomic E-state index is -0.510. The monoisotopic (exact) mass is 284 g/mol. The highest BCUT2D eigenvalue weighted by Crippen LogP contribution is 2.43. The minimum absolute atomic E-state index is 0.240. The highest BCUT2D eigenvalue weighted by Gasteiger charge is 2.40. The van der Waals surface area contributed by atoms with Crippen LogP contribution in [-0.2, 0) is 0 Å². The van der Waals surface area contributed by atoms with Gasteiger partial charge in [0.1, 0.15) is 5.58 Å². The highest BCUT2D eigenvalue weighted by molar-refractivity contribution is 5.95. The van der Waals surface area contributed by atoms with Gasteiger partial charge in [0.2, 0.25) is 0 Å². The van der Waals surface area contributed by atoms with Crippen molar-refractivity contribution in [3.05, 3.63) is 35.6 Å². The largest absolute Gasteiger partial charge is 0.451 e. The van der Waals surface area contributed by atoms with E-state index >= 15 is 0 Å². The summed E-state index contributed by atoms with van der Waals surface area (Å²) in [6, 6.07) is 8.64. The van der Waals surface area contributed by atoms with Crippen LogP contribution >= 0.6 is 0 Å². The van der Waals surface area contributed by atoms with Gasteiger partial charge in [-0.15, -0.1) is 0 Å². The first kappa shape index (κ1) is 12.9. The number of piperidine rings is 3. The number of carbonyl (C=O) groups excluding carboxylic acids is 1. The first-order chi connectivity index (χ1) is 10.1. The van der Waals surface area contributed by atoms with Crippen LogP contribution in [0.1, 0.15) is 41.8 Å². The molecule has 0 spiro atoms. The van der Waals surface area contributed by atoms with Crippen LogP contribution in [-0.4, -0.2) is 29.9 Å². The molecule has 2 bridgehead atoms. The molecule has 4 heterocycles. The lowest BCUT2D eigenvalue weighted by Gasteiger charge is -2.50. The van der Waals surface area contributed by atoms with Crippen LogP contribution in [0.5, 0.6) is 0 Å². The Morgan fingerprint density at radius 3 is 2.71 bits per heavy atom. The van der Waals surface area contributed by atoms with Crippen molar-refractivity contribution in [3.63, 3.8) is 0 Å². The number of rotatable bonds is 2. The number of fused-ring (bicyclic) bond motifs is 4. The number of nitrogens with zero attached hydrogens (tertiary/aromatic N) is 1. The van der Waals surface area contributed by atoms with Gasteiger partial charge in [-0.05, 0) is 56.5 Å². The van der Waals surface area contributed by atoms with E-state index in [4.69, 9.17) is 10.2 Å². The molecule has 3 aliphatic rings. The molecule has 110 valence electrons. The van der Waals surface area contributed by atoms with Crippen LogP contribution in [0.4, 0.5) is 0 Å². The van der Waals surface area contributed by atoms with Crippen LogP contribution in [0.3, 0.4) is 0 Å². The van der Waals surface area contributed by atoms with E-state index in [9.17, 15) is 4.79 Å². The van der Waals surface area contributed by atoms with Gasteiger partial charge < -0.3 is 15.1 Å². The lowest BCUT2D eigenvalue weighted by Crippen LogP contribution is -2.52. The van der Waals surface area contributed by atoms with Crippen molar-refractivity contribution in [3.8, 4) is 0 Å². The lowest BCUT2D eigenvalue weighted by molar-refractivity contribution is 0.0350. The van der Waals surface area contributed by atoms with E-state index in [1.54, 1.807) is 6.07 Å². The van der Waals surface area contributed by atoms with Gasteiger partial charge in [-0.3, -0.25) is 4.79 Å². The Hall–Kier alpha value is -1.81. The Bertz CT molecular complexity index is 696. The van der Waals surface area contributed by atoms with E-state index in [2.05, 4.69) is 24.0 Å². The third kappa shape index (κ3) is 1.97. The van der Waals surface area contributed by atoms with E-state index < -0.39 is 5.91 Å². The molecule has 3 saturated heterocycles.